The van der Waals surface area contributed by atoms with Crippen LogP contribution in [0.2, 0.25) is 0 Å². The zero-order valence-corrected chi connectivity index (χ0v) is 14.6. The van der Waals surface area contributed by atoms with E-state index in [-0.39, 0.29) is 0 Å². The highest BCUT2D eigenvalue weighted by Gasteiger charge is 2.20. The quantitative estimate of drug-likeness (QED) is 0.765. The largest absolute Gasteiger partial charge is 0.497 e. The number of ether oxygens (including phenoxy) is 2. The third-order valence-electron chi connectivity index (χ3n) is 4.41. The SMILES string of the molecule is COc1ccc(Nc2ncnc3sc4c(c23)CCCC4)c(OC)c1. The van der Waals surface area contributed by atoms with E-state index in [0.29, 0.717) is 0 Å². The van der Waals surface area contributed by atoms with Crippen molar-refractivity contribution in [2.75, 3.05) is 19.5 Å². The van der Waals surface area contributed by atoms with Gasteiger partial charge in [0, 0.05) is 10.9 Å². The van der Waals surface area contributed by atoms with Gasteiger partial charge in [0.2, 0.25) is 0 Å². The van der Waals surface area contributed by atoms with E-state index in [1.54, 1.807) is 31.9 Å². The van der Waals surface area contributed by atoms with Crippen LogP contribution in [0.4, 0.5) is 11.5 Å². The lowest BCUT2D eigenvalue weighted by Crippen LogP contribution is -2.02. The van der Waals surface area contributed by atoms with Gasteiger partial charge in [0.25, 0.3) is 0 Å². The molecule has 124 valence electrons. The molecule has 0 aliphatic heterocycles. The summed E-state index contributed by atoms with van der Waals surface area (Å²) in [6, 6.07) is 5.72. The maximum Gasteiger partial charge on any atom is 0.146 e. The van der Waals surface area contributed by atoms with Gasteiger partial charge in [0.15, 0.2) is 0 Å². The van der Waals surface area contributed by atoms with Crippen LogP contribution >= 0.6 is 11.3 Å². The second-order valence-corrected chi connectivity index (χ2v) is 6.89. The molecule has 4 rings (SSSR count). The number of methoxy groups -OCH3 is 2. The maximum atomic E-state index is 5.48. The molecular formula is C18H19N3O2S. The summed E-state index contributed by atoms with van der Waals surface area (Å²) in [5.41, 5.74) is 2.28. The maximum absolute atomic E-state index is 5.48. The molecule has 1 aliphatic carbocycles. The number of benzene rings is 1. The van der Waals surface area contributed by atoms with Gasteiger partial charge in [-0.15, -0.1) is 11.3 Å². The van der Waals surface area contributed by atoms with Crippen molar-refractivity contribution in [2.24, 2.45) is 0 Å². The van der Waals surface area contributed by atoms with Crippen LogP contribution in [0.3, 0.4) is 0 Å². The number of aromatic nitrogens is 2. The first-order chi connectivity index (χ1) is 11.8. The molecule has 1 aliphatic rings. The van der Waals surface area contributed by atoms with Crippen molar-refractivity contribution in [3.05, 3.63) is 35.0 Å². The molecule has 0 saturated heterocycles. The fourth-order valence-electron chi connectivity index (χ4n) is 3.21. The van der Waals surface area contributed by atoms with E-state index >= 15 is 0 Å². The standard InChI is InChI=1S/C18H19N3O2S/c1-22-11-7-8-13(14(9-11)23-2)21-17-16-12-5-3-4-6-15(12)24-18(16)20-10-19-17/h7-10H,3-6H2,1-2H3,(H,19,20,21). The molecule has 1 N–H and O–H groups in total. The Morgan fingerprint density at radius 3 is 2.79 bits per heavy atom. The number of fused-ring (bicyclic) bond motifs is 3. The number of hydrogen-bond acceptors (Lipinski definition) is 6. The molecular weight excluding hydrogens is 322 g/mol. The summed E-state index contributed by atoms with van der Waals surface area (Å²) in [4.78, 5) is 11.5. The van der Waals surface area contributed by atoms with Crippen LogP contribution in [0.15, 0.2) is 24.5 Å². The molecule has 0 atom stereocenters. The third kappa shape index (κ3) is 2.57. The fourth-order valence-corrected chi connectivity index (χ4v) is 4.44. The van der Waals surface area contributed by atoms with Crippen LogP contribution < -0.4 is 14.8 Å². The van der Waals surface area contributed by atoms with Gasteiger partial charge < -0.3 is 14.8 Å². The van der Waals surface area contributed by atoms with Gasteiger partial charge in [-0.2, -0.15) is 0 Å². The molecule has 2 heterocycles. The predicted octanol–water partition coefficient (Wildman–Crippen LogP) is 4.33. The lowest BCUT2D eigenvalue weighted by atomic mass is 9.97. The average Bonchev–Trinajstić information content (AvgIpc) is 3.01. The third-order valence-corrected chi connectivity index (χ3v) is 5.61. The van der Waals surface area contributed by atoms with E-state index in [1.807, 2.05) is 18.2 Å². The highest BCUT2D eigenvalue weighted by atomic mass is 32.1. The van der Waals surface area contributed by atoms with Crippen LogP contribution in [-0.4, -0.2) is 24.2 Å². The molecule has 24 heavy (non-hydrogen) atoms. The topological polar surface area (TPSA) is 56.3 Å². The summed E-state index contributed by atoms with van der Waals surface area (Å²) >= 11 is 1.80. The minimum absolute atomic E-state index is 0.727. The highest BCUT2D eigenvalue weighted by Crippen LogP contribution is 2.40. The molecule has 0 saturated carbocycles. The van der Waals surface area contributed by atoms with Crippen molar-refractivity contribution < 1.29 is 9.47 Å². The highest BCUT2D eigenvalue weighted by molar-refractivity contribution is 7.19. The molecule has 0 amide bonds. The lowest BCUT2D eigenvalue weighted by molar-refractivity contribution is 0.395. The van der Waals surface area contributed by atoms with E-state index in [4.69, 9.17) is 9.47 Å². The van der Waals surface area contributed by atoms with Crippen molar-refractivity contribution in [1.29, 1.82) is 0 Å². The van der Waals surface area contributed by atoms with Crippen LogP contribution in [-0.2, 0) is 12.8 Å². The minimum atomic E-state index is 0.727. The van der Waals surface area contributed by atoms with Crippen molar-refractivity contribution in [3.8, 4) is 11.5 Å². The summed E-state index contributed by atoms with van der Waals surface area (Å²) < 4.78 is 10.7. The molecule has 6 heteroatoms. The van der Waals surface area contributed by atoms with E-state index in [2.05, 4.69) is 15.3 Å². The Hall–Kier alpha value is -2.34. The van der Waals surface area contributed by atoms with Gasteiger partial charge in [-0.25, -0.2) is 9.97 Å². The van der Waals surface area contributed by atoms with Crippen LogP contribution in [0.5, 0.6) is 11.5 Å². The normalized spacial score (nSPS) is 13.6. The molecule has 0 bridgehead atoms. The Labute approximate surface area is 144 Å². The molecule has 3 aromatic rings. The predicted molar refractivity (Wildman–Crippen MR) is 96.9 cm³/mol. The zero-order valence-electron chi connectivity index (χ0n) is 13.8. The fraction of sp³-hybridized carbons (Fsp3) is 0.333. The number of rotatable bonds is 4. The first-order valence-corrected chi connectivity index (χ1v) is 8.86. The monoisotopic (exact) mass is 341 g/mol. The second kappa shape index (κ2) is 6.28. The summed E-state index contributed by atoms with van der Waals surface area (Å²) in [5.74, 6) is 2.34. The van der Waals surface area contributed by atoms with Crippen molar-refractivity contribution in [3.63, 3.8) is 0 Å². The average molecular weight is 341 g/mol. The summed E-state index contributed by atoms with van der Waals surface area (Å²) in [6.45, 7) is 0. The van der Waals surface area contributed by atoms with Gasteiger partial charge >= 0.3 is 0 Å². The smallest absolute Gasteiger partial charge is 0.146 e. The number of nitrogens with zero attached hydrogens (tertiary/aromatic N) is 2. The van der Waals surface area contributed by atoms with E-state index in [0.717, 1.165) is 46.1 Å². The molecule has 2 aromatic heterocycles. The Kier molecular flexibility index (Phi) is 3.98. The zero-order chi connectivity index (χ0) is 16.5. The van der Waals surface area contributed by atoms with Crippen LogP contribution in [0.1, 0.15) is 23.3 Å². The van der Waals surface area contributed by atoms with Crippen molar-refractivity contribution in [1.82, 2.24) is 9.97 Å². The van der Waals surface area contributed by atoms with Gasteiger partial charge in [-0.1, -0.05) is 0 Å². The van der Waals surface area contributed by atoms with Crippen molar-refractivity contribution in [2.45, 2.75) is 25.7 Å². The molecule has 1 aromatic carbocycles. The molecule has 0 radical (unpaired) electrons. The van der Waals surface area contributed by atoms with Gasteiger partial charge in [-0.3, -0.25) is 0 Å². The van der Waals surface area contributed by atoms with Gasteiger partial charge in [0.05, 0.1) is 25.3 Å². The number of hydrogen-bond donors (Lipinski definition) is 1. The summed E-state index contributed by atoms with van der Waals surface area (Å²) in [7, 11) is 3.30. The van der Waals surface area contributed by atoms with Gasteiger partial charge in [-0.05, 0) is 43.4 Å². The lowest BCUT2D eigenvalue weighted by Gasteiger charge is -2.14. The Morgan fingerprint density at radius 1 is 1.08 bits per heavy atom. The second-order valence-electron chi connectivity index (χ2n) is 5.80. The molecule has 0 unspecified atom stereocenters. The van der Waals surface area contributed by atoms with Gasteiger partial charge in [0.1, 0.15) is 28.5 Å². The first kappa shape index (κ1) is 15.2. The van der Waals surface area contributed by atoms with Crippen LogP contribution in [0, 0.1) is 0 Å². The molecule has 5 nitrogen and oxygen atoms in total. The Morgan fingerprint density at radius 2 is 1.96 bits per heavy atom. The number of anilines is 2. The summed E-state index contributed by atoms with van der Waals surface area (Å²) in [6.07, 6.45) is 6.39. The van der Waals surface area contributed by atoms with Crippen molar-refractivity contribution >= 4 is 33.1 Å². The number of aryl methyl sites for hydroxylation is 2. The molecule has 0 spiro atoms. The first-order valence-electron chi connectivity index (χ1n) is 8.04. The molecule has 0 fully saturated rings. The number of nitrogens with one attached hydrogen (secondary N) is 1. The summed E-state index contributed by atoms with van der Waals surface area (Å²) in [5, 5.41) is 4.59. The van der Waals surface area contributed by atoms with E-state index in [1.165, 1.54) is 23.3 Å². The minimum Gasteiger partial charge on any atom is -0.497 e. The Balaban J connectivity index is 1.79. The van der Waals surface area contributed by atoms with E-state index < -0.39 is 0 Å². The Bertz CT molecular complexity index is 891. The number of thiophene rings is 1. The van der Waals surface area contributed by atoms with Crippen LogP contribution in [0.25, 0.3) is 10.2 Å². The van der Waals surface area contributed by atoms with E-state index in [9.17, 15) is 0 Å².